The van der Waals surface area contributed by atoms with Crippen LogP contribution in [0.4, 0.5) is 5.69 Å². The summed E-state index contributed by atoms with van der Waals surface area (Å²) in [5.74, 6) is -0.323. The summed E-state index contributed by atoms with van der Waals surface area (Å²) in [7, 11) is 0. The van der Waals surface area contributed by atoms with E-state index in [1.165, 1.54) is 6.08 Å². The van der Waals surface area contributed by atoms with E-state index in [9.17, 15) is 9.59 Å². The molecule has 0 saturated carbocycles. The number of carbonyl (C=O) groups excluding carboxylic acids is 2. The van der Waals surface area contributed by atoms with Crippen LogP contribution in [-0.2, 0) is 27.5 Å². The van der Waals surface area contributed by atoms with E-state index >= 15 is 0 Å². The highest BCUT2D eigenvalue weighted by Gasteiger charge is 2.33. The third-order valence-electron chi connectivity index (χ3n) is 4.00. The topological polar surface area (TPSA) is 58.6 Å². The lowest BCUT2D eigenvalue weighted by Crippen LogP contribution is -2.42. The predicted octanol–water partition coefficient (Wildman–Crippen LogP) is 1.83. The smallest absolute Gasteiger partial charge is 0.247 e. The molecule has 1 saturated heterocycles. The predicted molar refractivity (Wildman–Crippen MR) is 78.5 cm³/mol. The Kier molecular flexibility index (Phi) is 3.75. The molecule has 2 heterocycles. The van der Waals surface area contributed by atoms with Crippen molar-refractivity contribution in [2.45, 2.75) is 32.1 Å². The first-order valence-electron chi connectivity index (χ1n) is 7.12. The molecule has 0 radical (unpaired) electrons. The highest BCUT2D eigenvalue weighted by Crippen LogP contribution is 2.24. The zero-order valence-corrected chi connectivity index (χ0v) is 11.8. The summed E-state index contributed by atoms with van der Waals surface area (Å²) < 4.78 is 5.36. The number of hydrogen-bond acceptors (Lipinski definition) is 3. The van der Waals surface area contributed by atoms with Gasteiger partial charge in [0.05, 0.1) is 13.2 Å². The van der Waals surface area contributed by atoms with Gasteiger partial charge in [-0.2, -0.15) is 0 Å². The van der Waals surface area contributed by atoms with Crippen LogP contribution in [0.2, 0.25) is 0 Å². The van der Waals surface area contributed by atoms with Crippen LogP contribution in [0, 0.1) is 0 Å². The van der Waals surface area contributed by atoms with Crippen molar-refractivity contribution in [3.8, 4) is 0 Å². The zero-order valence-electron chi connectivity index (χ0n) is 11.8. The number of nitrogens with one attached hydrogen (secondary N) is 1. The van der Waals surface area contributed by atoms with Crippen LogP contribution < -0.4 is 5.32 Å². The van der Waals surface area contributed by atoms with Crippen LogP contribution in [0.3, 0.4) is 0 Å². The monoisotopic (exact) mass is 286 g/mol. The summed E-state index contributed by atoms with van der Waals surface area (Å²) in [6.07, 6.45) is 2.80. The van der Waals surface area contributed by atoms with Crippen LogP contribution >= 0.6 is 0 Å². The fourth-order valence-corrected chi connectivity index (χ4v) is 2.90. The van der Waals surface area contributed by atoms with Gasteiger partial charge >= 0.3 is 0 Å². The highest BCUT2D eigenvalue weighted by atomic mass is 16.5. The van der Waals surface area contributed by atoms with Gasteiger partial charge in [0.2, 0.25) is 11.8 Å². The number of anilines is 1. The highest BCUT2D eigenvalue weighted by molar-refractivity contribution is 5.99. The van der Waals surface area contributed by atoms with E-state index in [0.29, 0.717) is 26.2 Å². The van der Waals surface area contributed by atoms with Crippen molar-refractivity contribution in [2.75, 3.05) is 11.9 Å². The number of fused-ring (bicyclic) bond motifs is 1. The minimum atomic E-state index is -0.403. The number of benzene rings is 1. The molecule has 110 valence electrons. The Morgan fingerprint density at radius 1 is 1.33 bits per heavy atom. The third kappa shape index (κ3) is 2.69. The van der Waals surface area contributed by atoms with Crippen molar-refractivity contribution in [3.05, 3.63) is 42.0 Å². The first-order valence-corrected chi connectivity index (χ1v) is 7.12. The maximum absolute atomic E-state index is 12.4. The second-order valence-corrected chi connectivity index (χ2v) is 5.36. The lowest BCUT2D eigenvalue weighted by molar-refractivity contribution is -0.132. The largest absolute Gasteiger partial charge is 0.372 e. The first kappa shape index (κ1) is 13.8. The van der Waals surface area contributed by atoms with Gasteiger partial charge in [0.15, 0.2) is 0 Å². The van der Waals surface area contributed by atoms with Crippen molar-refractivity contribution in [3.63, 3.8) is 0 Å². The van der Waals surface area contributed by atoms with Crippen LogP contribution in [0.5, 0.6) is 0 Å². The molecule has 5 nitrogen and oxygen atoms in total. The number of hydrogen-bond donors (Lipinski definition) is 1. The Hall–Kier alpha value is -2.14. The summed E-state index contributed by atoms with van der Waals surface area (Å²) >= 11 is 0. The van der Waals surface area contributed by atoms with E-state index in [-0.39, 0.29) is 11.8 Å². The van der Waals surface area contributed by atoms with Crippen molar-refractivity contribution in [1.29, 1.82) is 0 Å². The summed E-state index contributed by atoms with van der Waals surface area (Å²) in [6, 6.07) is 5.38. The van der Waals surface area contributed by atoms with Crippen molar-refractivity contribution in [1.82, 2.24) is 4.90 Å². The van der Waals surface area contributed by atoms with Gasteiger partial charge in [-0.15, -0.1) is 0 Å². The van der Waals surface area contributed by atoms with Crippen LogP contribution in [0.1, 0.15) is 24.0 Å². The summed E-state index contributed by atoms with van der Waals surface area (Å²) in [5.41, 5.74) is 3.03. The van der Waals surface area contributed by atoms with E-state index < -0.39 is 6.04 Å². The summed E-state index contributed by atoms with van der Waals surface area (Å²) in [4.78, 5) is 25.7. The molecule has 2 aliphatic rings. The van der Waals surface area contributed by atoms with Gasteiger partial charge in [-0.25, -0.2) is 0 Å². The average molecular weight is 286 g/mol. The Bertz CT molecular complexity index is 597. The van der Waals surface area contributed by atoms with Crippen molar-refractivity contribution in [2.24, 2.45) is 0 Å². The second kappa shape index (κ2) is 5.69. The maximum Gasteiger partial charge on any atom is 0.247 e. The van der Waals surface area contributed by atoms with Gasteiger partial charge < -0.3 is 15.0 Å². The molecule has 0 spiro atoms. The van der Waals surface area contributed by atoms with Gasteiger partial charge in [0.1, 0.15) is 6.04 Å². The molecule has 1 N–H and O–H groups in total. The molecular formula is C16H18N2O3. The van der Waals surface area contributed by atoms with Crippen LogP contribution in [0.25, 0.3) is 0 Å². The van der Waals surface area contributed by atoms with E-state index in [2.05, 4.69) is 11.9 Å². The molecule has 0 bridgehead atoms. The minimum Gasteiger partial charge on any atom is -0.372 e. The molecule has 2 aliphatic heterocycles. The van der Waals surface area contributed by atoms with Crippen LogP contribution in [0.15, 0.2) is 30.9 Å². The van der Waals surface area contributed by atoms with Crippen molar-refractivity contribution >= 4 is 17.5 Å². The molecule has 2 amide bonds. The molecule has 1 atom stereocenters. The molecule has 1 unspecified atom stereocenters. The molecule has 1 fully saturated rings. The molecular weight excluding hydrogens is 268 g/mol. The molecule has 1 aromatic rings. The Balaban J connectivity index is 1.71. The van der Waals surface area contributed by atoms with Gasteiger partial charge in [0, 0.05) is 12.2 Å². The SMILES string of the molecule is C=CC(=O)N1CCCC1C(=O)Nc1ccc2c(c1)COC2. The average Bonchev–Trinajstić information content (AvgIpc) is 3.14. The normalized spacial score (nSPS) is 20.2. The fraction of sp³-hybridized carbons (Fsp3) is 0.375. The quantitative estimate of drug-likeness (QED) is 0.862. The minimum absolute atomic E-state index is 0.137. The molecule has 21 heavy (non-hydrogen) atoms. The lowest BCUT2D eigenvalue weighted by Gasteiger charge is -2.22. The Morgan fingerprint density at radius 3 is 2.95 bits per heavy atom. The van der Waals surface area contributed by atoms with Gasteiger partial charge in [0.25, 0.3) is 0 Å². The molecule has 3 rings (SSSR count). The number of rotatable bonds is 3. The third-order valence-corrected chi connectivity index (χ3v) is 4.00. The second-order valence-electron chi connectivity index (χ2n) is 5.36. The number of amides is 2. The Morgan fingerprint density at radius 2 is 2.14 bits per heavy atom. The van der Waals surface area contributed by atoms with Crippen LogP contribution in [-0.4, -0.2) is 29.3 Å². The molecule has 0 aromatic heterocycles. The number of likely N-dealkylation sites (tertiary alicyclic amines) is 1. The first-order chi connectivity index (χ1) is 10.2. The molecule has 5 heteroatoms. The molecule has 0 aliphatic carbocycles. The van der Waals surface area contributed by atoms with E-state index in [1.807, 2.05) is 18.2 Å². The van der Waals surface area contributed by atoms with E-state index in [4.69, 9.17) is 4.74 Å². The summed E-state index contributed by atoms with van der Waals surface area (Å²) in [6.45, 7) is 5.32. The fourth-order valence-electron chi connectivity index (χ4n) is 2.90. The van der Waals surface area contributed by atoms with Crippen molar-refractivity contribution < 1.29 is 14.3 Å². The standard InChI is InChI=1S/C16H18N2O3/c1-2-15(19)18-7-3-4-14(18)16(20)17-13-6-5-11-9-21-10-12(11)8-13/h2,5-6,8,14H,1,3-4,7,9-10H2,(H,17,20). The number of ether oxygens (including phenoxy) is 1. The van der Waals surface area contributed by atoms with Gasteiger partial charge in [-0.05, 0) is 42.2 Å². The van der Waals surface area contributed by atoms with E-state index in [1.54, 1.807) is 4.90 Å². The lowest BCUT2D eigenvalue weighted by atomic mass is 10.1. The number of carbonyl (C=O) groups is 2. The van der Waals surface area contributed by atoms with Gasteiger partial charge in [-0.3, -0.25) is 9.59 Å². The molecule has 1 aromatic carbocycles. The van der Waals surface area contributed by atoms with Gasteiger partial charge in [-0.1, -0.05) is 12.6 Å². The zero-order chi connectivity index (χ0) is 14.8. The number of nitrogens with zero attached hydrogens (tertiary/aromatic N) is 1. The summed E-state index contributed by atoms with van der Waals surface area (Å²) in [5, 5.41) is 2.90. The maximum atomic E-state index is 12.4. The Labute approximate surface area is 123 Å². The van der Waals surface area contributed by atoms with E-state index in [0.717, 1.165) is 23.2 Å².